The number of aromatic nitrogens is 3. The lowest BCUT2D eigenvalue weighted by Crippen LogP contribution is -2.21. The first-order chi connectivity index (χ1) is 13.8. The highest BCUT2D eigenvalue weighted by Gasteiger charge is 2.15. The molecule has 3 aromatic heterocycles. The number of pyridine rings is 1. The molecule has 5 nitrogen and oxygen atoms in total. The lowest BCUT2D eigenvalue weighted by Gasteiger charge is -2.22. The van der Waals surface area contributed by atoms with Crippen molar-refractivity contribution in [1.82, 2.24) is 15.0 Å². The van der Waals surface area contributed by atoms with Crippen molar-refractivity contribution < 1.29 is 4.74 Å². The lowest BCUT2D eigenvalue weighted by molar-refractivity contribution is 0.462. The molecule has 1 N–H and O–H groups in total. The van der Waals surface area contributed by atoms with Gasteiger partial charge in [-0.15, -0.1) is 11.3 Å². The molecule has 4 aromatic rings. The van der Waals surface area contributed by atoms with Crippen molar-refractivity contribution in [3.05, 3.63) is 48.4 Å². The highest BCUT2D eigenvalue weighted by Crippen LogP contribution is 2.33. The van der Waals surface area contributed by atoms with Crippen molar-refractivity contribution in [2.45, 2.75) is 38.1 Å². The Morgan fingerprint density at radius 2 is 1.89 bits per heavy atom. The number of ether oxygens (including phenoxy) is 1. The maximum absolute atomic E-state index is 6.06. The Bertz CT molecular complexity index is 1070. The molecule has 1 saturated carbocycles. The summed E-state index contributed by atoms with van der Waals surface area (Å²) in [6.07, 6.45) is 11.9. The quantitative estimate of drug-likeness (QED) is 0.417. The van der Waals surface area contributed by atoms with E-state index in [2.05, 4.69) is 21.4 Å². The number of anilines is 1. The predicted octanol–water partition coefficient (Wildman–Crippen LogP) is 6.35. The molecule has 0 radical (unpaired) electrons. The van der Waals surface area contributed by atoms with E-state index in [1.807, 2.05) is 36.1 Å². The molecular weight excluding hydrogens is 388 g/mol. The van der Waals surface area contributed by atoms with Crippen LogP contribution in [0.25, 0.3) is 20.7 Å². The van der Waals surface area contributed by atoms with E-state index in [1.165, 1.54) is 32.1 Å². The predicted molar refractivity (Wildman–Crippen MR) is 116 cm³/mol. The molecule has 1 aromatic carbocycles. The minimum Gasteiger partial charge on any atom is -0.456 e. The molecule has 1 aliphatic rings. The Morgan fingerprint density at radius 3 is 2.75 bits per heavy atom. The van der Waals surface area contributed by atoms with Crippen molar-refractivity contribution in [3.63, 3.8) is 0 Å². The fourth-order valence-corrected chi connectivity index (χ4v) is 5.13. The smallest absolute Gasteiger partial charge is 0.184 e. The van der Waals surface area contributed by atoms with Gasteiger partial charge in [-0.1, -0.05) is 30.6 Å². The third kappa shape index (κ3) is 3.86. The largest absolute Gasteiger partial charge is 0.456 e. The van der Waals surface area contributed by atoms with Crippen LogP contribution in [0, 0.1) is 0 Å². The Morgan fingerprint density at radius 1 is 0.964 bits per heavy atom. The Labute approximate surface area is 171 Å². The van der Waals surface area contributed by atoms with E-state index in [0.717, 1.165) is 37.3 Å². The van der Waals surface area contributed by atoms with E-state index in [-0.39, 0.29) is 0 Å². The summed E-state index contributed by atoms with van der Waals surface area (Å²) >= 11 is 3.28. The highest BCUT2D eigenvalue weighted by molar-refractivity contribution is 7.22. The number of thiazole rings is 2. The Balaban J connectivity index is 1.34. The summed E-state index contributed by atoms with van der Waals surface area (Å²) in [6.45, 7) is 0. The first-order valence-corrected chi connectivity index (χ1v) is 11.2. The zero-order valence-corrected chi connectivity index (χ0v) is 16.9. The molecule has 1 aliphatic carbocycles. The summed E-state index contributed by atoms with van der Waals surface area (Å²) in [5.74, 6) is 1.51. The SMILES string of the molecule is c1ncc(-c2cncc(Oc3ccc4nc(NC5CCCCC5)sc4c3)c2)s1. The van der Waals surface area contributed by atoms with Crippen LogP contribution in [-0.2, 0) is 0 Å². The first-order valence-electron chi connectivity index (χ1n) is 9.52. The summed E-state index contributed by atoms with van der Waals surface area (Å²) in [6, 6.07) is 8.59. The second kappa shape index (κ2) is 7.85. The third-order valence-corrected chi connectivity index (χ3v) is 6.73. The van der Waals surface area contributed by atoms with E-state index in [1.54, 1.807) is 28.9 Å². The van der Waals surface area contributed by atoms with Crippen LogP contribution in [0.2, 0.25) is 0 Å². The maximum Gasteiger partial charge on any atom is 0.184 e. The van der Waals surface area contributed by atoms with Gasteiger partial charge in [0.2, 0.25) is 0 Å². The van der Waals surface area contributed by atoms with Crippen LogP contribution in [0.3, 0.4) is 0 Å². The van der Waals surface area contributed by atoms with Gasteiger partial charge in [0.25, 0.3) is 0 Å². The zero-order valence-electron chi connectivity index (χ0n) is 15.3. The van der Waals surface area contributed by atoms with Crippen LogP contribution in [0.4, 0.5) is 5.13 Å². The van der Waals surface area contributed by atoms with Crippen LogP contribution < -0.4 is 10.1 Å². The maximum atomic E-state index is 6.06. The highest BCUT2D eigenvalue weighted by atomic mass is 32.1. The Hall–Kier alpha value is -2.51. The number of fused-ring (bicyclic) bond motifs is 1. The molecule has 28 heavy (non-hydrogen) atoms. The van der Waals surface area contributed by atoms with E-state index >= 15 is 0 Å². The molecule has 0 bridgehead atoms. The molecule has 0 saturated heterocycles. The van der Waals surface area contributed by atoms with Crippen LogP contribution >= 0.6 is 22.7 Å². The average Bonchev–Trinajstić information content (AvgIpc) is 3.38. The van der Waals surface area contributed by atoms with Gasteiger partial charge < -0.3 is 10.1 Å². The lowest BCUT2D eigenvalue weighted by atomic mass is 9.96. The molecule has 0 spiro atoms. The van der Waals surface area contributed by atoms with Gasteiger partial charge in [0.15, 0.2) is 5.13 Å². The number of benzene rings is 1. The van der Waals surface area contributed by atoms with Crippen molar-refractivity contribution >= 4 is 38.0 Å². The molecule has 0 unspecified atom stereocenters. The van der Waals surface area contributed by atoms with Crippen LogP contribution in [0.5, 0.6) is 11.5 Å². The Kier molecular flexibility index (Phi) is 4.93. The van der Waals surface area contributed by atoms with Gasteiger partial charge in [-0.25, -0.2) is 4.98 Å². The second-order valence-corrected chi connectivity index (χ2v) is 8.92. The van der Waals surface area contributed by atoms with Crippen LogP contribution in [0.1, 0.15) is 32.1 Å². The monoisotopic (exact) mass is 408 g/mol. The van der Waals surface area contributed by atoms with Crippen LogP contribution in [0.15, 0.2) is 48.4 Å². The standard InChI is InChI=1S/C21H20N4OS2/c1-2-4-15(5-3-1)24-21-25-18-7-6-16(9-19(18)28-21)26-17-8-14(10-22-11-17)20-12-23-13-27-20/h6-13,15H,1-5H2,(H,24,25). The van der Waals surface area contributed by atoms with E-state index in [0.29, 0.717) is 6.04 Å². The fourth-order valence-electron chi connectivity index (χ4n) is 3.56. The fraction of sp³-hybridized carbons (Fsp3) is 0.286. The van der Waals surface area contributed by atoms with E-state index in [4.69, 9.17) is 9.72 Å². The summed E-state index contributed by atoms with van der Waals surface area (Å²) in [5, 5.41) is 4.62. The molecule has 142 valence electrons. The van der Waals surface area contributed by atoms with Gasteiger partial charge in [-0.3, -0.25) is 9.97 Å². The number of nitrogens with one attached hydrogen (secondary N) is 1. The van der Waals surface area contributed by atoms with Crippen molar-refractivity contribution in [2.75, 3.05) is 5.32 Å². The second-order valence-electron chi connectivity index (χ2n) is 7.00. The number of nitrogens with zero attached hydrogens (tertiary/aromatic N) is 3. The van der Waals surface area contributed by atoms with Crippen molar-refractivity contribution in [1.29, 1.82) is 0 Å². The molecule has 0 aliphatic heterocycles. The van der Waals surface area contributed by atoms with Gasteiger partial charge in [0.05, 0.1) is 26.8 Å². The summed E-state index contributed by atoms with van der Waals surface area (Å²) in [7, 11) is 0. The number of hydrogen-bond donors (Lipinski definition) is 1. The molecular formula is C21H20N4OS2. The van der Waals surface area contributed by atoms with Gasteiger partial charge in [0, 0.05) is 30.1 Å². The van der Waals surface area contributed by atoms with Crippen LogP contribution in [-0.4, -0.2) is 21.0 Å². The molecule has 5 rings (SSSR count). The molecule has 0 amide bonds. The molecule has 3 heterocycles. The first kappa shape index (κ1) is 17.6. The minimum absolute atomic E-state index is 0.561. The minimum atomic E-state index is 0.561. The van der Waals surface area contributed by atoms with E-state index < -0.39 is 0 Å². The molecule has 0 atom stereocenters. The van der Waals surface area contributed by atoms with E-state index in [9.17, 15) is 0 Å². The topological polar surface area (TPSA) is 59.9 Å². The zero-order chi connectivity index (χ0) is 18.8. The number of rotatable bonds is 5. The molecule has 7 heteroatoms. The normalized spacial score (nSPS) is 15.0. The average molecular weight is 409 g/mol. The van der Waals surface area contributed by atoms with Gasteiger partial charge >= 0.3 is 0 Å². The summed E-state index contributed by atoms with van der Waals surface area (Å²) < 4.78 is 7.19. The van der Waals surface area contributed by atoms with Crippen molar-refractivity contribution in [2.24, 2.45) is 0 Å². The van der Waals surface area contributed by atoms with Gasteiger partial charge in [0.1, 0.15) is 11.5 Å². The summed E-state index contributed by atoms with van der Waals surface area (Å²) in [5.41, 5.74) is 3.84. The molecule has 1 fully saturated rings. The summed E-state index contributed by atoms with van der Waals surface area (Å²) in [4.78, 5) is 14.2. The number of hydrogen-bond acceptors (Lipinski definition) is 7. The van der Waals surface area contributed by atoms with Crippen molar-refractivity contribution in [3.8, 4) is 21.9 Å². The van der Waals surface area contributed by atoms with Gasteiger partial charge in [-0.05, 0) is 31.0 Å². The van der Waals surface area contributed by atoms with Gasteiger partial charge in [-0.2, -0.15) is 0 Å². The third-order valence-electron chi connectivity index (χ3n) is 4.96.